The molecule has 0 saturated carbocycles. The Labute approximate surface area is 221 Å². The van der Waals surface area contributed by atoms with Crippen LogP contribution in [0.25, 0.3) is 16.9 Å². The fourth-order valence-corrected chi connectivity index (χ4v) is 6.08. The van der Waals surface area contributed by atoms with Crippen LogP contribution in [0.5, 0.6) is 0 Å². The van der Waals surface area contributed by atoms with Crippen molar-refractivity contribution in [2.24, 2.45) is 5.10 Å². The van der Waals surface area contributed by atoms with Crippen LogP contribution in [0.3, 0.4) is 0 Å². The number of anilines is 2. The third-order valence-corrected chi connectivity index (χ3v) is 8.43. The summed E-state index contributed by atoms with van der Waals surface area (Å²) in [7, 11) is -2.07. The molecule has 0 amide bonds. The van der Waals surface area contributed by atoms with Gasteiger partial charge in [-0.3, -0.25) is 9.73 Å². The van der Waals surface area contributed by atoms with E-state index in [9.17, 15) is 8.42 Å². The Balaban J connectivity index is 1.35. The number of rotatable bonds is 4. The zero-order valence-electron chi connectivity index (χ0n) is 20.9. The van der Waals surface area contributed by atoms with Crippen molar-refractivity contribution in [2.75, 3.05) is 16.7 Å². The highest BCUT2D eigenvalue weighted by Crippen LogP contribution is 2.43. The Morgan fingerprint density at radius 1 is 0.973 bits per heavy atom. The zero-order chi connectivity index (χ0) is 26.3. The van der Waals surface area contributed by atoms with E-state index < -0.39 is 10.0 Å². The highest BCUT2D eigenvalue weighted by Gasteiger charge is 2.36. The summed E-state index contributed by atoms with van der Waals surface area (Å²) >= 11 is 5.37. The van der Waals surface area contributed by atoms with Gasteiger partial charge in [0.25, 0.3) is 10.0 Å². The first-order chi connectivity index (χ1) is 17.7. The SMILES string of the molecule is Cc1cccc(C)c1NC(=S)N/N=C/c1ccc(-n2nc3c(c2C)N(C)S(=O)(=O)c2ccccc2-3)cc1. The summed E-state index contributed by atoms with van der Waals surface area (Å²) in [6, 6.07) is 20.7. The second kappa shape index (κ2) is 9.45. The third kappa shape index (κ3) is 4.38. The monoisotopic (exact) mass is 530 g/mol. The molecule has 0 aliphatic carbocycles. The number of para-hydroxylation sites is 1. The maximum absolute atomic E-state index is 13.0. The van der Waals surface area contributed by atoms with Gasteiger partial charge in [0.2, 0.25) is 0 Å². The molecule has 8 nitrogen and oxygen atoms in total. The lowest BCUT2D eigenvalue weighted by atomic mass is 10.1. The van der Waals surface area contributed by atoms with Gasteiger partial charge in [-0.2, -0.15) is 10.2 Å². The van der Waals surface area contributed by atoms with E-state index in [1.54, 1.807) is 36.1 Å². The van der Waals surface area contributed by atoms with Crippen LogP contribution in [-0.2, 0) is 10.0 Å². The summed E-state index contributed by atoms with van der Waals surface area (Å²) in [5.41, 5.74) is 10.3. The minimum atomic E-state index is -3.63. The molecular formula is C27H26N6O2S2. The van der Waals surface area contributed by atoms with E-state index in [0.29, 0.717) is 22.1 Å². The third-order valence-electron chi connectivity index (χ3n) is 6.42. The van der Waals surface area contributed by atoms with E-state index in [1.807, 2.05) is 69.3 Å². The number of hydrogen-bond acceptors (Lipinski definition) is 5. The molecule has 0 radical (unpaired) electrons. The Morgan fingerprint density at radius 3 is 2.35 bits per heavy atom. The lowest BCUT2D eigenvalue weighted by Gasteiger charge is -2.26. The number of benzene rings is 3. The Kier molecular flexibility index (Phi) is 6.30. The lowest BCUT2D eigenvalue weighted by Crippen LogP contribution is -2.30. The number of nitrogens with zero attached hydrogens (tertiary/aromatic N) is 4. The molecule has 37 heavy (non-hydrogen) atoms. The molecule has 0 unspecified atom stereocenters. The maximum atomic E-state index is 13.0. The normalized spacial score (nSPS) is 13.8. The van der Waals surface area contributed by atoms with E-state index >= 15 is 0 Å². The maximum Gasteiger partial charge on any atom is 0.264 e. The van der Waals surface area contributed by atoms with Crippen LogP contribution >= 0.6 is 12.2 Å². The van der Waals surface area contributed by atoms with Crippen molar-refractivity contribution < 1.29 is 8.42 Å². The van der Waals surface area contributed by atoms with E-state index in [0.717, 1.165) is 33.8 Å². The van der Waals surface area contributed by atoms with Crippen molar-refractivity contribution in [3.8, 4) is 16.9 Å². The van der Waals surface area contributed by atoms with Gasteiger partial charge in [-0.1, -0.05) is 48.5 Å². The van der Waals surface area contributed by atoms with Gasteiger partial charge in [-0.05, 0) is 67.9 Å². The van der Waals surface area contributed by atoms with Gasteiger partial charge in [0.15, 0.2) is 5.11 Å². The van der Waals surface area contributed by atoms with Gasteiger partial charge in [0.1, 0.15) is 11.4 Å². The van der Waals surface area contributed by atoms with Crippen LogP contribution in [0.15, 0.2) is 76.7 Å². The van der Waals surface area contributed by atoms with Crippen LogP contribution in [0.2, 0.25) is 0 Å². The molecule has 1 aliphatic rings. The minimum absolute atomic E-state index is 0.263. The number of nitrogens with one attached hydrogen (secondary N) is 2. The van der Waals surface area contributed by atoms with Gasteiger partial charge in [0.05, 0.1) is 22.5 Å². The van der Waals surface area contributed by atoms with Crippen LogP contribution in [-0.4, -0.2) is 36.6 Å². The number of sulfonamides is 1. The molecule has 2 heterocycles. The standard InChI is InChI=1S/C27H26N6O2S2/c1-17-8-7-9-18(2)24(17)29-27(36)30-28-16-20-12-14-21(15-13-20)33-19(3)26-25(31-33)22-10-5-6-11-23(22)37(34,35)32(26)4/h5-16H,1-4H3,(H2,29,30,36)/b28-16+. The van der Waals surface area contributed by atoms with Crippen molar-refractivity contribution in [1.29, 1.82) is 0 Å². The average molecular weight is 531 g/mol. The van der Waals surface area contributed by atoms with Crippen molar-refractivity contribution in [3.63, 3.8) is 0 Å². The lowest BCUT2D eigenvalue weighted by molar-refractivity contribution is 0.594. The molecular weight excluding hydrogens is 504 g/mol. The molecule has 0 spiro atoms. The first-order valence-electron chi connectivity index (χ1n) is 11.6. The molecule has 3 aromatic carbocycles. The van der Waals surface area contributed by atoms with Crippen LogP contribution in [0.4, 0.5) is 11.4 Å². The number of hydrazone groups is 1. The summed E-state index contributed by atoms with van der Waals surface area (Å²) in [6.07, 6.45) is 1.68. The first kappa shape index (κ1) is 24.7. The summed E-state index contributed by atoms with van der Waals surface area (Å²) in [6.45, 7) is 5.92. The molecule has 2 N–H and O–H groups in total. The number of aromatic nitrogens is 2. The van der Waals surface area contributed by atoms with E-state index in [1.165, 1.54) is 4.31 Å². The highest BCUT2D eigenvalue weighted by atomic mass is 32.2. The molecule has 5 rings (SSSR count). The average Bonchev–Trinajstić information content (AvgIpc) is 3.23. The zero-order valence-corrected chi connectivity index (χ0v) is 22.5. The fraction of sp³-hybridized carbons (Fsp3) is 0.148. The molecule has 4 aromatic rings. The Hall–Kier alpha value is -4.02. The van der Waals surface area contributed by atoms with E-state index in [4.69, 9.17) is 17.3 Å². The van der Waals surface area contributed by atoms with E-state index in [-0.39, 0.29) is 4.90 Å². The molecule has 1 aliphatic heterocycles. The number of fused-ring (bicyclic) bond motifs is 3. The van der Waals surface area contributed by atoms with Gasteiger partial charge >= 0.3 is 0 Å². The smallest absolute Gasteiger partial charge is 0.264 e. The van der Waals surface area contributed by atoms with Crippen LogP contribution < -0.4 is 15.0 Å². The highest BCUT2D eigenvalue weighted by molar-refractivity contribution is 7.93. The van der Waals surface area contributed by atoms with Gasteiger partial charge in [-0.15, -0.1) is 0 Å². The Morgan fingerprint density at radius 2 is 1.65 bits per heavy atom. The van der Waals surface area contributed by atoms with E-state index in [2.05, 4.69) is 15.8 Å². The molecule has 0 atom stereocenters. The van der Waals surface area contributed by atoms with Gasteiger partial charge in [0, 0.05) is 18.3 Å². The predicted molar refractivity (Wildman–Crippen MR) is 152 cm³/mol. The molecule has 0 fully saturated rings. The second-order valence-electron chi connectivity index (χ2n) is 8.85. The quantitative estimate of drug-likeness (QED) is 0.221. The summed E-state index contributed by atoms with van der Waals surface area (Å²) in [5.74, 6) is 0. The van der Waals surface area contributed by atoms with Crippen LogP contribution in [0.1, 0.15) is 22.4 Å². The molecule has 0 bridgehead atoms. The number of thiocarbonyl (C=S) groups is 1. The second-order valence-corrected chi connectivity index (χ2v) is 11.2. The summed E-state index contributed by atoms with van der Waals surface area (Å²) < 4.78 is 29.2. The first-order valence-corrected chi connectivity index (χ1v) is 13.5. The molecule has 1 aromatic heterocycles. The summed E-state index contributed by atoms with van der Waals surface area (Å²) in [4.78, 5) is 0.263. The molecule has 0 saturated heterocycles. The minimum Gasteiger partial charge on any atom is -0.331 e. The summed E-state index contributed by atoms with van der Waals surface area (Å²) in [5, 5.41) is 12.6. The number of aryl methyl sites for hydroxylation is 2. The van der Waals surface area contributed by atoms with Crippen LogP contribution in [0, 0.1) is 20.8 Å². The van der Waals surface area contributed by atoms with Crippen molar-refractivity contribution in [3.05, 3.63) is 89.1 Å². The Bertz CT molecular complexity index is 1640. The topological polar surface area (TPSA) is 91.6 Å². The van der Waals surface area contributed by atoms with Crippen molar-refractivity contribution >= 4 is 44.9 Å². The molecule has 188 valence electrons. The van der Waals surface area contributed by atoms with Crippen molar-refractivity contribution in [1.82, 2.24) is 15.2 Å². The predicted octanol–water partition coefficient (Wildman–Crippen LogP) is 4.92. The molecule has 10 heteroatoms. The fourth-order valence-electron chi connectivity index (χ4n) is 4.48. The van der Waals surface area contributed by atoms with Crippen molar-refractivity contribution in [2.45, 2.75) is 25.7 Å². The number of hydrogen-bond donors (Lipinski definition) is 2. The van der Waals surface area contributed by atoms with Gasteiger partial charge < -0.3 is 5.32 Å². The van der Waals surface area contributed by atoms with Gasteiger partial charge in [-0.25, -0.2) is 13.1 Å². The largest absolute Gasteiger partial charge is 0.331 e.